The lowest BCUT2D eigenvalue weighted by Crippen LogP contribution is -2.35. The first-order chi connectivity index (χ1) is 10.2. The largest absolute Gasteiger partial charge is 0.481 e. The highest BCUT2D eigenvalue weighted by Crippen LogP contribution is 2.45. The third-order valence-electron chi connectivity index (χ3n) is 3.95. The maximum Gasteiger partial charge on any atom is 0.311 e. The normalized spacial score (nSPS) is 16.3. The molecule has 6 nitrogen and oxygen atoms in total. The second kappa shape index (κ2) is 5.72. The number of rotatable bonds is 6. The van der Waals surface area contributed by atoms with Gasteiger partial charge in [0.05, 0.1) is 21.1 Å². The van der Waals surface area contributed by atoms with Crippen LogP contribution < -0.4 is 5.32 Å². The summed E-state index contributed by atoms with van der Waals surface area (Å²) < 4.78 is 24.6. The number of benzene rings is 1. The van der Waals surface area contributed by atoms with E-state index in [0.29, 0.717) is 12.8 Å². The molecule has 0 aromatic heterocycles. The van der Waals surface area contributed by atoms with Crippen LogP contribution in [0.5, 0.6) is 0 Å². The van der Waals surface area contributed by atoms with Gasteiger partial charge in [0.15, 0.2) is 9.84 Å². The predicted octanol–water partition coefficient (Wildman–Crippen LogP) is 1.46. The molecule has 1 aliphatic carbocycles. The van der Waals surface area contributed by atoms with Crippen LogP contribution in [0, 0.1) is 5.41 Å². The Morgan fingerprint density at radius 2 is 1.86 bits per heavy atom. The molecule has 0 unspecified atom stereocenters. The minimum absolute atomic E-state index is 0.0111. The van der Waals surface area contributed by atoms with Crippen molar-refractivity contribution in [2.45, 2.75) is 36.8 Å². The topological polar surface area (TPSA) is 101 Å². The van der Waals surface area contributed by atoms with Gasteiger partial charge in [-0.05, 0) is 38.8 Å². The first-order valence-corrected chi connectivity index (χ1v) is 8.60. The molecule has 2 N–H and O–H groups in total. The van der Waals surface area contributed by atoms with Gasteiger partial charge < -0.3 is 10.4 Å². The van der Waals surface area contributed by atoms with Crippen molar-refractivity contribution >= 4 is 21.7 Å². The second-order valence-corrected chi connectivity index (χ2v) is 8.33. The van der Waals surface area contributed by atoms with Crippen LogP contribution in [0.1, 0.15) is 37.0 Å². The number of hydrogen-bond acceptors (Lipinski definition) is 4. The summed E-state index contributed by atoms with van der Waals surface area (Å²) in [6, 6.07) is 5.98. The predicted molar refractivity (Wildman–Crippen MR) is 80.4 cm³/mol. The van der Waals surface area contributed by atoms with E-state index in [4.69, 9.17) is 5.11 Å². The molecule has 1 aromatic carbocycles. The van der Waals surface area contributed by atoms with Crippen molar-refractivity contribution in [3.8, 4) is 0 Å². The highest BCUT2D eigenvalue weighted by atomic mass is 32.2. The average Bonchev–Trinajstić information content (AvgIpc) is 3.26. The summed E-state index contributed by atoms with van der Waals surface area (Å²) in [7, 11) is -3.58. The van der Waals surface area contributed by atoms with Crippen molar-refractivity contribution < 1.29 is 23.1 Å². The molecular weight excluding hydrogens is 306 g/mol. The monoisotopic (exact) mass is 325 g/mol. The van der Waals surface area contributed by atoms with Gasteiger partial charge in [-0.15, -0.1) is 0 Å². The maximum atomic E-state index is 12.3. The number of amides is 1. The van der Waals surface area contributed by atoms with E-state index in [0.717, 1.165) is 0 Å². The van der Waals surface area contributed by atoms with Gasteiger partial charge in [-0.1, -0.05) is 12.1 Å². The molecule has 0 spiro atoms. The van der Waals surface area contributed by atoms with Gasteiger partial charge >= 0.3 is 5.97 Å². The Morgan fingerprint density at radius 1 is 1.27 bits per heavy atom. The fourth-order valence-corrected chi connectivity index (χ4v) is 3.36. The quantitative estimate of drug-likeness (QED) is 0.825. The van der Waals surface area contributed by atoms with Gasteiger partial charge in [-0.25, -0.2) is 8.42 Å². The summed E-state index contributed by atoms with van der Waals surface area (Å²) >= 11 is 0. The van der Waals surface area contributed by atoms with Crippen molar-refractivity contribution in [3.63, 3.8) is 0 Å². The van der Waals surface area contributed by atoms with Gasteiger partial charge in [0, 0.05) is 6.54 Å². The van der Waals surface area contributed by atoms with E-state index < -0.39 is 32.4 Å². The fraction of sp³-hybridized carbons (Fsp3) is 0.467. The molecule has 0 radical (unpaired) electrons. The highest BCUT2D eigenvalue weighted by molar-refractivity contribution is 7.92. The number of sulfone groups is 1. The first-order valence-electron chi connectivity index (χ1n) is 7.05. The zero-order valence-electron chi connectivity index (χ0n) is 12.5. The van der Waals surface area contributed by atoms with E-state index in [2.05, 4.69) is 5.32 Å². The molecule has 0 bridgehead atoms. The number of carboxylic acids is 1. The maximum absolute atomic E-state index is 12.3. The minimum Gasteiger partial charge on any atom is -0.481 e. The van der Waals surface area contributed by atoms with Crippen molar-refractivity contribution in [3.05, 3.63) is 29.8 Å². The van der Waals surface area contributed by atoms with Crippen LogP contribution in [0.2, 0.25) is 0 Å². The van der Waals surface area contributed by atoms with Crippen molar-refractivity contribution in [2.24, 2.45) is 5.41 Å². The zero-order valence-corrected chi connectivity index (χ0v) is 13.3. The number of nitrogens with one attached hydrogen (secondary N) is 1. The number of aliphatic carboxylic acids is 1. The third-order valence-corrected chi connectivity index (χ3v) is 6.16. The van der Waals surface area contributed by atoms with E-state index in [1.807, 2.05) is 0 Å². The van der Waals surface area contributed by atoms with Crippen LogP contribution in [-0.4, -0.2) is 37.2 Å². The molecule has 7 heteroatoms. The minimum atomic E-state index is -3.58. The lowest BCUT2D eigenvalue weighted by atomic mass is 10.1. The summed E-state index contributed by atoms with van der Waals surface area (Å²) in [5, 5.41) is 11.0. The summed E-state index contributed by atoms with van der Waals surface area (Å²) in [6.07, 6.45) is 1.04. The van der Waals surface area contributed by atoms with Crippen LogP contribution in [0.4, 0.5) is 0 Å². The van der Waals surface area contributed by atoms with Crippen molar-refractivity contribution in [2.75, 3.05) is 6.54 Å². The number of hydrogen-bond donors (Lipinski definition) is 2. The molecule has 2 rings (SSSR count). The van der Waals surface area contributed by atoms with E-state index in [1.54, 1.807) is 26.0 Å². The smallest absolute Gasteiger partial charge is 0.311 e. The van der Waals surface area contributed by atoms with Gasteiger partial charge in [-0.3, -0.25) is 9.59 Å². The highest BCUT2D eigenvalue weighted by Gasteiger charge is 2.50. The number of carbonyl (C=O) groups is 2. The molecule has 0 aliphatic heterocycles. The lowest BCUT2D eigenvalue weighted by molar-refractivity contribution is -0.143. The van der Waals surface area contributed by atoms with Crippen LogP contribution >= 0.6 is 0 Å². The summed E-state index contributed by atoms with van der Waals surface area (Å²) in [5.41, 5.74) is -0.834. The van der Waals surface area contributed by atoms with Crippen LogP contribution in [0.25, 0.3) is 0 Å². The lowest BCUT2D eigenvalue weighted by Gasteiger charge is -2.14. The summed E-state index contributed by atoms with van der Waals surface area (Å²) in [4.78, 5) is 23.3. The third kappa shape index (κ3) is 2.99. The molecule has 0 heterocycles. The van der Waals surface area contributed by atoms with Crippen LogP contribution in [0.15, 0.2) is 29.2 Å². The molecule has 1 amide bonds. The van der Waals surface area contributed by atoms with Crippen LogP contribution in [-0.2, 0) is 14.6 Å². The fourth-order valence-electron chi connectivity index (χ4n) is 2.12. The van der Waals surface area contributed by atoms with E-state index in [9.17, 15) is 18.0 Å². The molecule has 0 saturated heterocycles. The Kier molecular flexibility index (Phi) is 4.28. The molecule has 0 atom stereocenters. The Morgan fingerprint density at radius 3 is 2.36 bits per heavy atom. The average molecular weight is 325 g/mol. The zero-order chi connectivity index (χ0) is 16.5. The van der Waals surface area contributed by atoms with Gasteiger partial charge in [-0.2, -0.15) is 0 Å². The van der Waals surface area contributed by atoms with Crippen LogP contribution in [0.3, 0.4) is 0 Å². The molecule has 1 fully saturated rings. The first kappa shape index (κ1) is 16.5. The van der Waals surface area contributed by atoms with Crippen molar-refractivity contribution in [1.29, 1.82) is 0 Å². The summed E-state index contributed by atoms with van der Waals surface area (Å²) in [5.74, 6) is -1.50. The molecule has 1 aromatic rings. The van der Waals surface area contributed by atoms with E-state index in [1.165, 1.54) is 12.1 Å². The van der Waals surface area contributed by atoms with E-state index in [-0.39, 0.29) is 17.0 Å². The Balaban J connectivity index is 2.23. The summed E-state index contributed by atoms with van der Waals surface area (Å²) in [6.45, 7) is 3.11. The van der Waals surface area contributed by atoms with E-state index >= 15 is 0 Å². The number of carbonyl (C=O) groups excluding carboxylic acids is 1. The SMILES string of the molecule is CC(C)S(=O)(=O)c1ccccc1C(=O)NCC1(C(=O)O)CC1. The molecule has 22 heavy (non-hydrogen) atoms. The van der Waals surface area contributed by atoms with Gasteiger partial charge in [0.2, 0.25) is 0 Å². The van der Waals surface area contributed by atoms with Gasteiger partial charge in [0.1, 0.15) is 0 Å². The standard InChI is InChI=1S/C15H19NO5S/c1-10(2)22(20,21)12-6-4-3-5-11(12)13(17)16-9-15(7-8-15)14(18)19/h3-6,10H,7-9H2,1-2H3,(H,16,17)(H,18,19). The molecule has 1 saturated carbocycles. The molecule has 120 valence electrons. The molecule has 1 aliphatic rings. The number of carboxylic acid groups (broad SMARTS) is 1. The Labute approximate surface area is 129 Å². The Hall–Kier alpha value is -1.89. The Bertz CT molecular complexity index is 704. The van der Waals surface area contributed by atoms with Crippen molar-refractivity contribution in [1.82, 2.24) is 5.32 Å². The second-order valence-electron chi connectivity index (χ2n) is 5.86. The molecular formula is C15H19NO5S. The van der Waals surface area contributed by atoms with Gasteiger partial charge in [0.25, 0.3) is 5.91 Å².